The van der Waals surface area contributed by atoms with Crippen molar-refractivity contribution in [2.24, 2.45) is 10.9 Å². The Bertz CT molecular complexity index is 813. The number of thiophene rings is 1. The maximum absolute atomic E-state index is 10.3. The zero-order valence-corrected chi connectivity index (χ0v) is 18.5. The maximum Gasteiger partial charge on any atom is 0.191 e. The molecular weight excluding hydrogens is 408 g/mol. The van der Waals surface area contributed by atoms with E-state index in [4.69, 9.17) is 16.3 Å². The highest BCUT2D eigenvalue weighted by molar-refractivity contribution is 7.16. The third kappa shape index (κ3) is 6.26. The number of ether oxygens (including phenoxy) is 1. The highest BCUT2D eigenvalue weighted by Crippen LogP contribution is 2.27. The Morgan fingerprint density at radius 2 is 2.24 bits per heavy atom. The molecular formula is C21H29ClN4O2S. The Balaban J connectivity index is 1.51. The molecule has 2 unspecified atom stereocenters. The summed E-state index contributed by atoms with van der Waals surface area (Å²) in [6, 6.07) is 11.9. The number of aliphatic hydroxyl groups is 1. The number of rotatable bonds is 8. The van der Waals surface area contributed by atoms with Gasteiger partial charge >= 0.3 is 0 Å². The number of benzene rings is 1. The van der Waals surface area contributed by atoms with E-state index in [1.807, 2.05) is 25.1 Å². The Hall–Kier alpha value is -1.96. The summed E-state index contributed by atoms with van der Waals surface area (Å²) in [5.74, 6) is 2.15. The second kappa shape index (κ2) is 10.7. The first-order valence-corrected chi connectivity index (χ1v) is 11.1. The van der Waals surface area contributed by atoms with Gasteiger partial charge in [0.2, 0.25) is 0 Å². The van der Waals surface area contributed by atoms with Crippen LogP contribution < -0.4 is 20.3 Å². The highest BCUT2D eigenvalue weighted by atomic mass is 35.5. The van der Waals surface area contributed by atoms with Crippen LogP contribution in [0.25, 0.3) is 0 Å². The first kappa shape index (κ1) is 21.7. The van der Waals surface area contributed by atoms with Crippen LogP contribution in [0.15, 0.2) is 41.4 Å². The van der Waals surface area contributed by atoms with Gasteiger partial charge in [0.1, 0.15) is 11.9 Å². The predicted molar refractivity (Wildman–Crippen MR) is 122 cm³/mol. The number of hydrogen-bond donors (Lipinski definition) is 3. The van der Waals surface area contributed by atoms with E-state index in [1.165, 1.54) is 17.0 Å². The SMILES string of the molecule is CCNC(=NCC(O)c1ccc(Cl)s1)NCC1CCN(c2cccc(OC)c2)C1. The summed E-state index contributed by atoms with van der Waals surface area (Å²) in [4.78, 5) is 7.76. The number of nitrogens with zero attached hydrogens (tertiary/aromatic N) is 2. The first-order valence-electron chi connectivity index (χ1n) is 9.93. The van der Waals surface area contributed by atoms with E-state index >= 15 is 0 Å². The first-order chi connectivity index (χ1) is 14.1. The summed E-state index contributed by atoms with van der Waals surface area (Å²) in [6.07, 6.45) is 0.484. The van der Waals surface area contributed by atoms with Crippen molar-refractivity contribution in [3.8, 4) is 5.75 Å². The van der Waals surface area contributed by atoms with Crippen molar-refractivity contribution >= 4 is 34.6 Å². The second-order valence-corrected chi connectivity index (χ2v) is 8.81. The van der Waals surface area contributed by atoms with Crippen molar-refractivity contribution < 1.29 is 9.84 Å². The minimum Gasteiger partial charge on any atom is -0.497 e. The van der Waals surface area contributed by atoms with Gasteiger partial charge in [0, 0.05) is 42.8 Å². The summed E-state index contributed by atoms with van der Waals surface area (Å²) in [5, 5.41) is 17.0. The average Bonchev–Trinajstić information content (AvgIpc) is 3.39. The summed E-state index contributed by atoms with van der Waals surface area (Å²) >= 11 is 7.33. The lowest BCUT2D eigenvalue weighted by Gasteiger charge is -2.20. The van der Waals surface area contributed by atoms with Crippen LogP contribution in [0.3, 0.4) is 0 Å². The van der Waals surface area contributed by atoms with Gasteiger partial charge in [-0.05, 0) is 43.5 Å². The van der Waals surface area contributed by atoms with Gasteiger partial charge in [-0.25, -0.2) is 0 Å². The summed E-state index contributed by atoms with van der Waals surface area (Å²) in [7, 11) is 1.70. The third-order valence-electron chi connectivity index (χ3n) is 4.95. The van der Waals surface area contributed by atoms with Crippen molar-refractivity contribution in [2.45, 2.75) is 19.4 Å². The van der Waals surface area contributed by atoms with Crippen LogP contribution in [0.5, 0.6) is 5.75 Å². The average molecular weight is 437 g/mol. The summed E-state index contributed by atoms with van der Waals surface area (Å²) in [6.45, 7) is 5.97. The zero-order chi connectivity index (χ0) is 20.6. The molecule has 0 saturated carbocycles. The van der Waals surface area contributed by atoms with Gasteiger partial charge in [-0.2, -0.15) is 0 Å². The smallest absolute Gasteiger partial charge is 0.191 e. The van der Waals surface area contributed by atoms with Crippen molar-refractivity contribution in [2.75, 3.05) is 44.7 Å². The quantitative estimate of drug-likeness (QED) is 0.436. The molecule has 0 amide bonds. The Labute approximate surface area is 181 Å². The molecule has 1 aliphatic heterocycles. The standard InChI is InChI=1S/C21H29ClN4O2S/c1-3-23-21(25-13-18(27)19-7-8-20(22)29-19)24-12-15-9-10-26(14-15)16-5-4-6-17(11-16)28-2/h4-8,11,15,18,27H,3,9-10,12-14H2,1-2H3,(H2,23,24,25). The predicted octanol–water partition coefficient (Wildman–Crippen LogP) is 3.53. The third-order valence-corrected chi connectivity index (χ3v) is 6.28. The van der Waals surface area contributed by atoms with Gasteiger partial charge in [-0.15, -0.1) is 11.3 Å². The van der Waals surface area contributed by atoms with Crippen LogP contribution in [0.2, 0.25) is 4.34 Å². The lowest BCUT2D eigenvalue weighted by atomic mass is 10.1. The number of aliphatic imine (C=N–C) groups is 1. The Morgan fingerprint density at radius 3 is 2.97 bits per heavy atom. The molecule has 29 heavy (non-hydrogen) atoms. The van der Waals surface area contributed by atoms with Gasteiger partial charge in [0.25, 0.3) is 0 Å². The molecule has 1 aliphatic rings. The summed E-state index contributed by atoms with van der Waals surface area (Å²) in [5.41, 5.74) is 1.20. The molecule has 1 aromatic carbocycles. The van der Waals surface area contributed by atoms with Crippen molar-refractivity contribution in [1.29, 1.82) is 0 Å². The van der Waals surface area contributed by atoms with E-state index in [9.17, 15) is 5.11 Å². The fourth-order valence-electron chi connectivity index (χ4n) is 3.40. The normalized spacial score (nSPS) is 18.0. The molecule has 1 fully saturated rings. The molecule has 2 heterocycles. The molecule has 0 aliphatic carbocycles. The van der Waals surface area contributed by atoms with E-state index in [0.29, 0.717) is 16.8 Å². The molecule has 2 atom stereocenters. The van der Waals surface area contributed by atoms with E-state index < -0.39 is 6.10 Å². The van der Waals surface area contributed by atoms with Crippen LogP contribution >= 0.6 is 22.9 Å². The number of anilines is 1. The minimum atomic E-state index is -0.641. The molecule has 2 aromatic rings. The van der Waals surface area contributed by atoms with E-state index in [2.05, 4.69) is 32.7 Å². The zero-order valence-electron chi connectivity index (χ0n) is 16.9. The van der Waals surface area contributed by atoms with Crippen LogP contribution in [0, 0.1) is 5.92 Å². The molecule has 3 N–H and O–H groups in total. The van der Waals surface area contributed by atoms with Crippen LogP contribution in [0.1, 0.15) is 24.3 Å². The number of guanidine groups is 1. The lowest BCUT2D eigenvalue weighted by Crippen LogP contribution is -2.40. The molecule has 3 rings (SSSR count). The molecule has 0 bridgehead atoms. The van der Waals surface area contributed by atoms with Crippen molar-refractivity contribution in [1.82, 2.24) is 10.6 Å². The second-order valence-electron chi connectivity index (χ2n) is 7.06. The van der Waals surface area contributed by atoms with Gasteiger partial charge < -0.3 is 25.4 Å². The fourth-order valence-corrected chi connectivity index (χ4v) is 4.44. The number of aliphatic hydroxyl groups excluding tert-OH is 1. The van der Waals surface area contributed by atoms with Gasteiger partial charge in [-0.1, -0.05) is 17.7 Å². The summed E-state index contributed by atoms with van der Waals surface area (Å²) < 4.78 is 6.01. The fraction of sp³-hybridized carbons (Fsp3) is 0.476. The molecule has 1 aromatic heterocycles. The number of halogens is 1. The highest BCUT2D eigenvalue weighted by Gasteiger charge is 2.23. The molecule has 158 valence electrons. The lowest BCUT2D eigenvalue weighted by molar-refractivity contribution is 0.191. The van der Waals surface area contributed by atoms with E-state index in [1.54, 1.807) is 13.2 Å². The van der Waals surface area contributed by atoms with E-state index in [-0.39, 0.29) is 0 Å². The molecule has 8 heteroatoms. The molecule has 0 spiro atoms. The topological polar surface area (TPSA) is 69.1 Å². The van der Waals surface area contributed by atoms with Gasteiger partial charge in [0.05, 0.1) is 18.0 Å². The van der Waals surface area contributed by atoms with Gasteiger partial charge in [0.15, 0.2) is 5.96 Å². The number of methoxy groups -OCH3 is 1. The maximum atomic E-state index is 10.3. The Morgan fingerprint density at radius 1 is 1.38 bits per heavy atom. The van der Waals surface area contributed by atoms with Crippen LogP contribution in [-0.2, 0) is 0 Å². The largest absolute Gasteiger partial charge is 0.497 e. The van der Waals surface area contributed by atoms with Crippen molar-refractivity contribution in [3.05, 3.63) is 45.6 Å². The Kier molecular flexibility index (Phi) is 8.03. The molecule has 1 saturated heterocycles. The molecule has 6 nitrogen and oxygen atoms in total. The monoisotopic (exact) mass is 436 g/mol. The number of hydrogen-bond acceptors (Lipinski definition) is 5. The number of nitrogens with one attached hydrogen (secondary N) is 2. The van der Waals surface area contributed by atoms with Crippen LogP contribution in [-0.4, -0.2) is 50.9 Å². The minimum absolute atomic E-state index is 0.298. The van der Waals surface area contributed by atoms with Crippen molar-refractivity contribution in [3.63, 3.8) is 0 Å². The van der Waals surface area contributed by atoms with E-state index in [0.717, 1.165) is 49.2 Å². The van der Waals surface area contributed by atoms with Gasteiger partial charge in [-0.3, -0.25) is 4.99 Å². The molecule has 0 radical (unpaired) electrons. The van der Waals surface area contributed by atoms with Crippen LogP contribution in [0.4, 0.5) is 5.69 Å².